The fraction of sp³-hybridized carbons (Fsp3) is 0.364. The van der Waals surface area contributed by atoms with Crippen molar-refractivity contribution in [1.82, 2.24) is 19.9 Å². The molecule has 1 spiro atoms. The van der Waals surface area contributed by atoms with Crippen LogP contribution in [-0.4, -0.2) is 39.0 Å². The third-order valence-electron chi connectivity index (χ3n) is 6.37. The molecule has 1 aromatic carbocycles. The predicted octanol–water partition coefficient (Wildman–Crippen LogP) is 2.83. The maximum atomic E-state index is 13.2. The number of carbonyl (C=O) groups excluding carboxylic acids is 2. The molecule has 2 fully saturated rings. The molecule has 2 amide bonds. The molecule has 0 bridgehead atoms. The lowest BCUT2D eigenvalue weighted by molar-refractivity contribution is -0.127. The van der Waals surface area contributed by atoms with E-state index in [9.17, 15) is 9.59 Å². The van der Waals surface area contributed by atoms with Gasteiger partial charge in [-0.15, -0.1) is 0 Å². The molecule has 1 saturated carbocycles. The Bertz CT molecular complexity index is 1050. The molecule has 1 aliphatic carbocycles. The van der Waals surface area contributed by atoms with Gasteiger partial charge in [-0.1, -0.05) is 18.2 Å². The molecule has 7 heteroatoms. The van der Waals surface area contributed by atoms with Gasteiger partial charge in [0, 0.05) is 24.5 Å². The van der Waals surface area contributed by atoms with E-state index in [1.54, 1.807) is 23.0 Å². The molecule has 1 saturated heterocycles. The summed E-state index contributed by atoms with van der Waals surface area (Å²) in [5.74, 6) is 0.0697. The van der Waals surface area contributed by atoms with Crippen LogP contribution in [0.4, 0.5) is 5.69 Å². The zero-order valence-corrected chi connectivity index (χ0v) is 16.1. The first-order valence-corrected chi connectivity index (χ1v) is 10.1. The van der Waals surface area contributed by atoms with E-state index in [4.69, 9.17) is 0 Å². The van der Waals surface area contributed by atoms with E-state index in [1.165, 1.54) is 0 Å². The van der Waals surface area contributed by atoms with Crippen LogP contribution in [0.25, 0.3) is 5.65 Å². The molecule has 3 heterocycles. The average Bonchev–Trinajstić information content (AvgIpc) is 3.33. The summed E-state index contributed by atoms with van der Waals surface area (Å²) in [5, 5.41) is 7.32. The standard InChI is InChI=1S/C22H23N5O2/c28-20(18-15-23-19-7-4-13-24-27(18)19)25-16-8-10-22(11-9-16)12-14-26(21(22)29)17-5-2-1-3-6-17/h1-7,13,15-16H,8-12,14H2,(H,25,28). The number of anilines is 1. The molecule has 1 aliphatic heterocycles. The molecule has 0 radical (unpaired) electrons. The van der Waals surface area contributed by atoms with Crippen molar-refractivity contribution in [3.05, 3.63) is 60.6 Å². The van der Waals surface area contributed by atoms with E-state index in [1.807, 2.05) is 41.3 Å². The van der Waals surface area contributed by atoms with E-state index < -0.39 is 0 Å². The molecular weight excluding hydrogens is 366 g/mol. The Balaban J connectivity index is 1.24. The van der Waals surface area contributed by atoms with Gasteiger partial charge in [0.2, 0.25) is 5.91 Å². The number of para-hydroxylation sites is 1. The minimum absolute atomic E-state index is 0.0703. The van der Waals surface area contributed by atoms with E-state index in [0.717, 1.165) is 44.3 Å². The lowest BCUT2D eigenvalue weighted by atomic mass is 9.71. The van der Waals surface area contributed by atoms with Gasteiger partial charge in [-0.25, -0.2) is 9.50 Å². The zero-order chi connectivity index (χ0) is 19.8. The van der Waals surface area contributed by atoms with Crippen LogP contribution in [0.1, 0.15) is 42.6 Å². The molecule has 2 aliphatic rings. The molecule has 0 atom stereocenters. The van der Waals surface area contributed by atoms with Crippen LogP contribution in [0.2, 0.25) is 0 Å². The van der Waals surface area contributed by atoms with Gasteiger partial charge in [0.05, 0.1) is 11.6 Å². The molecule has 3 aromatic rings. The van der Waals surface area contributed by atoms with Crippen LogP contribution < -0.4 is 10.2 Å². The first-order valence-electron chi connectivity index (χ1n) is 10.1. The quantitative estimate of drug-likeness (QED) is 0.747. The Morgan fingerprint density at radius 1 is 1.07 bits per heavy atom. The number of hydrogen-bond donors (Lipinski definition) is 1. The van der Waals surface area contributed by atoms with Crippen LogP contribution >= 0.6 is 0 Å². The number of carbonyl (C=O) groups is 2. The van der Waals surface area contributed by atoms with Crippen molar-refractivity contribution < 1.29 is 9.59 Å². The van der Waals surface area contributed by atoms with Crippen LogP contribution in [0.15, 0.2) is 54.9 Å². The highest BCUT2D eigenvalue weighted by atomic mass is 16.2. The fourth-order valence-corrected chi connectivity index (χ4v) is 4.70. The van der Waals surface area contributed by atoms with Gasteiger partial charge < -0.3 is 10.2 Å². The number of hydrogen-bond acceptors (Lipinski definition) is 4. The monoisotopic (exact) mass is 389 g/mol. The van der Waals surface area contributed by atoms with Crippen molar-refractivity contribution in [1.29, 1.82) is 0 Å². The molecule has 7 nitrogen and oxygen atoms in total. The predicted molar refractivity (Wildman–Crippen MR) is 109 cm³/mol. The maximum absolute atomic E-state index is 13.2. The van der Waals surface area contributed by atoms with Gasteiger partial charge in [-0.2, -0.15) is 5.10 Å². The second-order valence-electron chi connectivity index (χ2n) is 8.01. The number of nitrogens with one attached hydrogen (secondary N) is 1. The summed E-state index contributed by atoms with van der Waals surface area (Å²) in [6.07, 6.45) is 7.32. The van der Waals surface area contributed by atoms with Gasteiger partial charge >= 0.3 is 0 Å². The molecule has 2 aromatic heterocycles. The Morgan fingerprint density at radius 3 is 2.66 bits per heavy atom. The van der Waals surface area contributed by atoms with Gasteiger partial charge in [0.15, 0.2) is 5.65 Å². The second-order valence-corrected chi connectivity index (χ2v) is 8.01. The van der Waals surface area contributed by atoms with E-state index >= 15 is 0 Å². The van der Waals surface area contributed by atoms with Crippen LogP contribution in [0.5, 0.6) is 0 Å². The highest BCUT2D eigenvalue weighted by molar-refractivity contribution is 6.00. The van der Waals surface area contributed by atoms with Crippen LogP contribution in [-0.2, 0) is 4.79 Å². The number of rotatable bonds is 3. The van der Waals surface area contributed by atoms with Crippen molar-refractivity contribution in [3.8, 4) is 0 Å². The highest BCUT2D eigenvalue weighted by Crippen LogP contribution is 2.46. The first-order chi connectivity index (χ1) is 14.2. The van der Waals surface area contributed by atoms with E-state index in [2.05, 4.69) is 15.4 Å². The summed E-state index contributed by atoms with van der Waals surface area (Å²) in [6, 6.07) is 13.6. The molecule has 5 rings (SSSR count). The topological polar surface area (TPSA) is 79.6 Å². The number of imidazole rings is 1. The third-order valence-corrected chi connectivity index (χ3v) is 6.37. The first kappa shape index (κ1) is 17.8. The Hall–Kier alpha value is -3.22. The lowest BCUT2D eigenvalue weighted by Crippen LogP contribution is -2.44. The molecule has 1 N–H and O–H groups in total. The molecule has 29 heavy (non-hydrogen) atoms. The largest absolute Gasteiger partial charge is 0.348 e. The highest BCUT2D eigenvalue weighted by Gasteiger charge is 2.48. The van der Waals surface area contributed by atoms with E-state index in [-0.39, 0.29) is 23.3 Å². The van der Waals surface area contributed by atoms with Crippen LogP contribution in [0, 0.1) is 5.41 Å². The summed E-state index contributed by atoms with van der Waals surface area (Å²) < 4.78 is 1.55. The smallest absolute Gasteiger partial charge is 0.271 e. The molecule has 0 unspecified atom stereocenters. The summed E-state index contributed by atoms with van der Waals surface area (Å²) in [7, 11) is 0. The van der Waals surface area contributed by atoms with Crippen molar-refractivity contribution >= 4 is 23.1 Å². The minimum atomic E-state index is -0.276. The number of benzene rings is 1. The van der Waals surface area contributed by atoms with Gasteiger partial charge in [-0.05, 0) is 56.4 Å². The maximum Gasteiger partial charge on any atom is 0.271 e. The van der Waals surface area contributed by atoms with Gasteiger partial charge in [-0.3, -0.25) is 9.59 Å². The Kier molecular flexibility index (Phi) is 4.30. The normalized spacial score (nSPS) is 24.3. The zero-order valence-electron chi connectivity index (χ0n) is 16.1. The third kappa shape index (κ3) is 3.06. The van der Waals surface area contributed by atoms with Crippen molar-refractivity contribution in [2.75, 3.05) is 11.4 Å². The SMILES string of the molecule is O=C(NC1CCC2(CC1)CCN(c1ccccc1)C2=O)c1cnc2cccnn12. The van der Waals surface area contributed by atoms with Gasteiger partial charge in [0.25, 0.3) is 5.91 Å². The lowest BCUT2D eigenvalue weighted by Gasteiger charge is -2.36. The average molecular weight is 389 g/mol. The van der Waals surface area contributed by atoms with Crippen LogP contribution in [0.3, 0.4) is 0 Å². The van der Waals surface area contributed by atoms with Crippen molar-refractivity contribution in [2.24, 2.45) is 5.41 Å². The van der Waals surface area contributed by atoms with Gasteiger partial charge in [0.1, 0.15) is 5.69 Å². The summed E-state index contributed by atoms with van der Waals surface area (Å²) >= 11 is 0. The van der Waals surface area contributed by atoms with Crippen molar-refractivity contribution in [3.63, 3.8) is 0 Å². The second kappa shape index (κ2) is 6.99. The van der Waals surface area contributed by atoms with E-state index in [0.29, 0.717) is 11.3 Å². The number of aromatic nitrogens is 3. The molecule has 148 valence electrons. The number of amides is 2. The fourth-order valence-electron chi connectivity index (χ4n) is 4.70. The molecular formula is C22H23N5O2. The number of nitrogens with zero attached hydrogens (tertiary/aromatic N) is 4. The number of fused-ring (bicyclic) bond motifs is 1. The summed E-state index contributed by atoms with van der Waals surface area (Å²) in [6.45, 7) is 0.771. The minimum Gasteiger partial charge on any atom is -0.348 e. The Morgan fingerprint density at radius 2 is 1.86 bits per heavy atom. The Labute approximate surface area is 168 Å². The summed E-state index contributed by atoms with van der Waals surface area (Å²) in [5.41, 5.74) is 1.79. The summed E-state index contributed by atoms with van der Waals surface area (Å²) in [4.78, 5) is 32.0. The van der Waals surface area contributed by atoms with Crippen molar-refractivity contribution in [2.45, 2.75) is 38.1 Å².